The predicted octanol–water partition coefficient (Wildman–Crippen LogP) is 3.16. The maximum atomic E-state index is 6.54. The third kappa shape index (κ3) is 2.75. The lowest BCUT2D eigenvalue weighted by molar-refractivity contribution is -0.177. The second-order valence-corrected chi connectivity index (χ2v) is 11.5. The van der Waals surface area contributed by atoms with Gasteiger partial charge in [-0.15, -0.1) is 0 Å². The molecule has 17 heavy (non-hydrogen) atoms. The fourth-order valence-corrected chi connectivity index (χ4v) is 3.73. The summed E-state index contributed by atoms with van der Waals surface area (Å²) in [5, 5.41) is 0.278. The lowest BCUT2D eigenvalue weighted by Crippen LogP contribution is -2.49. The maximum absolute atomic E-state index is 6.54. The molecule has 4 heteroatoms. The molecular formula is C13H26O3Si. The summed E-state index contributed by atoms with van der Waals surface area (Å²) in [7, 11) is -1.66. The number of rotatable bonds is 2. The van der Waals surface area contributed by atoms with Gasteiger partial charge in [0, 0.05) is 5.92 Å². The van der Waals surface area contributed by atoms with Crippen LogP contribution >= 0.6 is 0 Å². The van der Waals surface area contributed by atoms with Crippen LogP contribution < -0.4 is 0 Å². The van der Waals surface area contributed by atoms with Crippen molar-refractivity contribution in [3.8, 4) is 0 Å². The minimum atomic E-state index is -1.66. The molecule has 0 N–H and O–H groups in total. The number of ether oxygens (including phenoxy) is 2. The van der Waals surface area contributed by atoms with Crippen LogP contribution in [0.2, 0.25) is 18.1 Å². The Morgan fingerprint density at radius 2 is 1.65 bits per heavy atom. The van der Waals surface area contributed by atoms with E-state index in [1.165, 1.54) is 0 Å². The number of hydrogen-bond acceptors (Lipinski definition) is 3. The van der Waals surface area contributed by atoms with Crippen molar-refractivity contribution in [2.75, 3.05) is 13.2 Å². The summed E-state index contributed by atoms with van der Waals surface area (Å²) >= 11 is 0. The maximum Gasteiger partial charge on any atom is 0.192 e. The van der Waals surface area contributed by atoms with Crippen molar-refractivity contribution in [1.29, 1.82) is 0 Å². The van der Waals surface area contributed by atoms with Crippen molar-refractivity contribution >= 4 is 8.32 Å². The van der Waals surface area contributed by atoms with Crippen LogP contribution in [0.1, 0.15) is 33.6 Å². The molecular weight excluding hydrogens is 232 g/mol. The normalized spacial score (nSPS) is 34.8. The molecule has 0 aliphatic carbocycles. The molecule has 0 bridgehead atoms. The van der Waals surface area contributed by atoms with Crippen molar-refractivity contribution < 1.29 is 13.9 Å². The Hall–Kier alpha value is 0.0969. The largest absolute Gasteiger partial charge is 0.413 e. The first-order valence-corrected chi connectivity index (χ1v) is 9.63. The van der Waals surface area contributed by atoms with E-state index in [1.807, 2.05) is 0 Å². The van der Waals surface area contributed by atoms with E-state index < -0.39 is 8.32 Å². The molecule has 0 amide bonds. The van der Waals surface area contributed by atoms with E-state index in [0.717, 1.165) is 26.1 Å². The summed E-state index contributed by atoms with van der Waals surface area (Å²) < 4.78 is 17.8. The lowest BCUT2D eigenvalue weighted by Gasteiger charge is -2.43. The number of fused-ring (bicyclic) bond motifs is 1. The van der Waals surface area contributed by atoms with Gasteiger partial charge in [0.1, 0.15) is 0 Å². The van der Waals surface area contributed by atoms with Crippen molar-refractivity contribution in [1.82, 2.24) is 0 Å². The van der Waals surface area contributed by atoms with Gasteiger partial charge in [0.05, 0.1) is 19.3 Å². The van der Waals surface area contributed by atoms with E-state index in [-0.39, 0.29) is 11.3 Å². The summed E-state index contributed by atoms with van der Waals surface area (Å²) in [6, 6.07) is 0. The van der Waals surface area contributed by atoms with Gasteiger partial charge >= 0.3 is 0 Å². The fourth-order valence-electron chi connectivity index (χ4n) is 2.33. The predicted molar refractivity (Wildman–Crippen MR) is 70.5 cm³/mol. The third-order valence-electron chi connectivity index (χ3n) is 4.50. The molecule has 3 atom stereocenters. The van der Waals surface area contributed by atoms with Crippen LogP contribution in [0.5, 0.6) is 0 Å². The van der Waals surface area contributed by atoms with E-state index in [1.54, 1.807) is 0 Å². The average molecular weight is 258 g/mol. The molecule has 0 radical (unpaired) electrons. The average Bonchev–Trinajstić information content (AvgIpc) is 2.64. The zero-order valence-corrected chi connectivity index (χ0v) is 12.8. The van der Waals surface area contributed by atoms with Crippen LogP contribution in [0.4, 0.5) is 0 Å². The molecule has 0 unspecified atom stereocenters. The first-order valence-electron chi connectivity index (χ1n) is 6.72. The van der Waals surface area contributed by atoms with E-state index in [9.17, 15) is 0 Å². The van der Waals surface area contributed by atoms with Gasteiger partial charge in [0.25, 0.3) is 0 Å². The molecule has 0 aromatic heterocycles. The second-order valence-electron chi connectivity index (χ2n) is 6.77. The molecule has 2 saturated heterocycles. The Morgan fingerprint density at radius 3 is 2.24 bits per heavy atom. The molecule has 0 aromatic rings. The molecule has 2 heterocycles. The Kier molecular flexibility index (Phi) is 3.70. The second kappa shape index (κ2) is 4.65. The summed E-state index contributed by atoms with van der Waals surface area (Å²) in [5.41, 5.74) is 0. The zero-order valence-electron chi connectivity index (χ0n) is 11.8. The third-order valence-corrected chi connectivity index (χ3v) is 9.00. The molecule has 2 fully saturated rings. The van der Waals surface area contributed by atoms with Gasteiger partial charge in [-0.1, -0.05) is 20.8 Å². The first kappa shape index (κ1) is 13.5. The van der Waals surface area contributed by atoms with Crippen molar-refractivity contribution in [3.05, 3.63) is 0 Å². The monoisotopic (exact) mass is 258 g/mol. The van der Waals surface area contributed by atoms with Gasteiger partial charge in [0.15, 0.2) is 14.6 Å². The Morgan fingerprint density at radius 1 is 1.06 bits per heavy atom. The van der Waals surface area contributed by atoms with E-state index in [2.05, 4.69) is 33.9 Å². The van der Waals surface area contributed by atoms with Crippen LogP contribution in [0.15, 0.2) is 0 Å². The van der Waals surface area contributed by atoms with E-state index >= 15 is 0 Å². The minimum Gasteiger partial charge on any atom is -0.413 e. The van der Waals surface area contributed by atoms with Crippen LogP contribution in [0.3, 0.4) is 0 Å². The minimum absolute atomic E-state index is 0.00137. The summed E-state index contributed by atoms with van der Waals surface area (Å²) in [5.74, 6) is 0.456. The fraction of sp³-hybridized carbons (Fsp3) is 1.00. The van der Waals surface area contributed by atoms with Gasteiger partial charge in [0.2, 0.25) is 0 Å². The smallest absolute Gasteiger partial charge is 0.192 e. The lowest BCUT2D eigenvalue weighted by atomic mass is 9.96. The molecule has 3 nitrogen and oxygen atoms in total. The van der Waals surface area contributed by atoms with E-state index in [4.69, 9.17) is 13.9 Å². The summed E-state index contributed by atoms with van der Waals surface area (Å²) in [4.78, 5) is 0. The highest BCUT2D eigenvalue weighted by Gasteiger charge is 2.45. The Balaban J connectivity index is 2.03. The first-order chi connectivity index (χ1) is 7.81. The van der Waals surface area contributed by atoms with Crippen LogP contribution in [-0.2, 0) is 13.9 Å². The van der Waals surface area contributed by atoms with Gasteiger partial charge in [-0.2, -0.15) is 0 Å². The van der Waals surface area contributed by atoms with Gasteiger partial charge < -0.3 is 13.9 Å². The molecule has 2 aliphatic heterocycles. The highest BCUT2D eigenvalue weighted by atomic mass is 28.4. The van der Waals surface area contributed by atoms with Gasteiger partial charge in [-0.05, 0) is 31.0 Å². The highest BCUT2D eigenvalue weighted by molar-refractivity contribution is 6.74. The van der Waals surface area contributed by atoms with Gasteiger partial charge in [-0.3, -0.25) is 0 Å². The Bertz CT molecular complexity index is 272. The molecule has 0 spiro atoms. The van der Waals surface area contributed by atoms with Crippen molar-refractivity contribution in [3.63, 3.8) is 0 Å². The highest BCUT2D eigenvalue weighted by Crippen LogP contribution is 2.41. The van der Waals surface area contributed by atoms with Crippen LogP contribution in [0, 0.1) is 5.92 Å². The number of hydrogen-bond donors (Lipinski definition) is 0. The van der Waals surface area contributed by atoms with Crippen LogP contribution in [-0.4, -0.2) is 33.9 Å². The Labute approximate surface area is 106 Å². The quantitative estimate of drug-likeness (QED) is 0.712. The summed E-state index contributed by atoms with van der Waals surface area (Å²) in [6.45, 7) is 13.1. The molecule has 2 aliphatic rings. The zero-order chi connectivity index (χ0) is 12.7. The van der Waals surface area contributed by atoms with Gasteiger partial charge in [-0.25, -0.2) is 0 Å². The van der Waals surface area contributed by atoms with Crippen molar-refractivity contribution in [2.24, 2.45) is 5.92 Å². The SMILES string of the molecule is CC(C)(C)[Si](C)(C)O[C@H]1CCO[C@@H]2OCC[C@H]21. The molecule has 0 saturated carbocycles. The molecule has 100 valence electrons. The standard InChI is InChI=1S/C13H26O3Si/c1-13(2,3)17(4,5)16-11-7-9-15-12-10(11)6-8-14-12/h10-12H,6-9H2,1-5H3/t10-,11-,12-/m0/s1. The van der Waals surface area contributed by atoms with Crippen molar-refractivity contribution in [2.45, 2.75) is 64.1 Å². The molecule has 2 rings (SSSR count). The topological polar surface area (TPSA) is 27.7 Å². The molecule has 0 aromatic carbocycles. The van der Waals surface area contributed by atoms with Crippen LogP contribution in [0.25, 0.3) is 0 Å². The van der Waals surface area contributed by atoms with E-state index in [0.29, 0.717) is 12.0 Å². The summed E-state index contributed by atoms with van der Waals surface area (Å²) in [6.07, 6.45) is 2.46.